The zero-order chi connectivity index (χ0) is 23.7. The highest BCUT2D eigenvalue weighted by atomic mass is 33.1. The SMILES string of the molecule is CC1=C(C(=O)O)N2C(=O)[C@@H](NC(=O)[C@H](N)c3ccccc3)[C@H]2SC1.NCCSSCCN. The lowest BCUT2D eigenvalue weighted by molar-refractivity contribution is -0.150. The van der Waals surface area contributed by atoms with Gasteiger partial charge >= 0.3 is 5.97 Å². The number of carbonyl (C=O) groups is 3. The molecule has 2 amide bonds. The van der Waals surface area contributed by atoms with E-state index in [1.165, 1.54) is 16.7 Å². The molecule has 3 atom stereocenters. The van der Waals surface area contributed by atoms with Crippen LogP contribution in [-0.4, -0.2) is 69.6 Å². The van der Waals surface area contributed by atoms with E-state index < -0.39 is 35.2 Å². The van der Waals surface area contributed by atoms with Crippen molar-refractivity contribution in [2.45, 2.75) is 24.4 Å². The normalized spacial score (nSPS) is 20.5. The molecule has 3 rings (SSSR count). The maximum atomic E-state index is 12.3. The number of fused-ring (bicyclic) bond motifs is 1. The van der Waals surface area contributed by atoms with Gasteiger partial charge in [-0.25, -0.2) is 4.79 Å². The first kappa shape index (κ1) is 26.6. The Balaban J connectivity index is 0.000000390. The molecule has 1 aromatic carbocycles. The standard InChI is InChI=1S/C16H17N3O4S.C4H12N2S2/c1-8-7-24-15-11(14(21)19(15)12(8)16(22)23)18-13(20)10(17)9-5-3-2-4-6-9;5-1-3-7-8-4-2-6/h2-6,10-11,15H,7,17H2,1H3,(H,18,20)(H,22,23);1-6H2/t10-,11-,15-;/m1./s1. The number of rotatable bonds is 9. The summed E-state index contributed by atoms with van der Waals surface area (Å²) in [6, 6.07) is 7.23. The highest BCUT2D eigenvalue weighted by molar-refractivity contribution is 8.76. The molecule has 0 radical (unpaired) electrons. The Morgan fingerprint density at radius 3 is 2.34 bits per heavy atom. The number of carboxylic acid groups (broad SMARTS) is 1. The van der Waals surface area contributed by atoms with Crippen LogP contribution in [0.1, 0.15) is 18.5 Å². The molecule has 8 N–H and O–H groups in total. The van der Waals surface area contributed by atoms with Crippen molar-refractivity contribution in [1.82, 2.24) is 10.2 Å². The third-order valence-electron chi connectivity index (χ3n) is 4.59. The van der Waals surface area contributed by atoms with Crippen LogP contribution in [0.5, 0.6) is 0 Å². The van der Waals surface area contributed by atoms with Crippen LogP contribution in [0, 0.1) is 0 Å². The fourth-order valence-corrected chi connectivity index (χ4v) is 6.05. The summed E-state index contributed by atoms with van der Waals surface area (Å²) in [6.45, 7) is 3.22. The highest BCUT2D eigenvalue weighted by Gasteiger charge is 2.53. The molecule has 2 aliphatic heterocycles. The summed E-state index contributed by atoms with van der Waals surface area (Å²) in [5.74, 6) is 0.570. The van der Waals surface area contributed by atoms with Gasteiger partial charge in [0.2, 0.25) is 5.91 Å². The van der Waals surface area contributed by atoms with Crippen molar-refractivity contribution in [3.63, 3.8) is 0 Å². The number of nitrogens with two attached hydrogens (primary N) is 3. The van der Waals surface area contributed by atoms with Crippen molar-refractivity contribution < 1.29 is 19.5 Å². The van der Waals surface area contributed by atoms with Crippen LogP contribution >= 0.6 is 33.3 Å². The molecular formula is C20H29N5O4S3. The van der Waals surface area contributed by atoms with Gasteiger partial charge in [-0.05, 0) is 18.1 Å². The van der Waals surface area contributed by atoms with E-state index in [1.54, 1.807) is 52.8 Å². The van der Waals surface area contributed by atoms with Crippen molar-refractivity contribution >= 4 is 51.1 Å². The van der Waals surface area contributed by atoms with E-state index in [0.29, 0.717) is 16.9 Å². The van der Waals surface area contributed by atoms with Crippen LogP contribution in [0.2, 0.25) is 0 Å². The maximum absolute atomic E-state index is 12.3. The van der Waals surface area contributed by atoms with E-state index in [4.69, 9.17) is 17.2 Å². The largest absolute Gasteiger partial charge is 0.477 e. The van der Waals surface area contributed by atoms with Crippen LogP contribution in [0.25, 0.3) is 0 Å². The molecule has 0 aromatic heterocycles. The monoisotopic (exact) mass is 499 g/mol. The number of β-lactam (4-membered cyclic amide) rings is 1. The summed E-state index contributed by atoms with van der Waals surface area (Å²) >= 11 is 1.43. The minimum absolute atomic E-state index is 0.0154. The number of hydrogen-bond donors (Lipinski definition) is 5. The van der Waals surface area contributed by atoms with Gasteiger partial charge in [-0.3, -0.25) is 14.5 Å². The van der Waals surface area contributed by atoms with E-state index in [9.17, 15) is 19.5 Å². The quantitative estimate of drug-likeness (QED) is 0.186. The van der Waals surface area contributed by atoms with Crippen molar-refractivity contribution in [3.8, 4) is 0 Å². The Morgan fingerprint density at radius 1 is 1.22 bits per heavy atom. The Kier molecular flexibility index (Phi) is 10.9. The van der Waals surface area contributed by atoms with E-state index in [1.807, 2.05) is 6.07 Å². The molecule has 0 aliphatic carbocycles. The first-order chi connectivity index (χ1) is 15.3. The highest BCUT2D eigenvalue weighted by Crippen LogP contribution is 2.40. The summed E-state index contributed by atoms with van der Waals surface area (Å²) in [7, 11) is 3.58. The zero-order valence-electron chi connectivity index (χ0n) is 17.7. The third-order valence-corrected chi connectivity index (χ3v) is 8.48. The molecule has 32 heavy (non-hydrogen) atoms. The Hall–Kier alpha value is -1.70. The van der Waals surface area contributed by atoms with E-state index in [-0.39, 0.29) is 5.70 Å². The number of nitrogens with one attached hydrogen (secondary N) is 1. The lowest BCUT2D eigenvalue weighted by atomic mass is 10.0. The first-order valence-electron chi connectivity index (χ1n) is 9.96. The second kappa shape index (κ2) is 13.1. The number of hydrogen-bond acceptors (Lipinski definition) is 9. The summed E-state index contributed by atoms with van der Waals surface area (Å²) < 4.78 is 0. The lowest BCUT2D eigenvalue weighted by Crippen LogP contribution is -2.71. The van der Waals surface area contributed by atoms with Crippen LogP contribution in [0.3, 0.4) is 0 Å². The zero-order valence-corrected chi connectivity index (χ0v) is 20.2. The smallest absolute Gasteiger partial charge is 0.352 e. The summed E-state index contributed by atoms with van der Waals surface area (Å²) in [5, 5.41) is 11.5. The van der Waals surface area contributed by atoms with E-state index in [0.717, 1.165) is 24.6 Å². The summed E-state index contributed by atoms with van der Waals surface area (Å²) in [6.07, 6.45) is 0. The van der Waals surface area contributed by atoms with Gasteiger partial charge in [-0.2, -0.15) is 0 Å². The van der Waals surface area contributed by atoms with E-state index >= 15 is 0 Å². The Bertz CT molecular complexity index is 834. The number of aliphatic carboxylic acids is 1. The molecule has 176 valence electrons. The van der Waals surface area contributed by atoms with Crippen molar-refractivity contribution in [1.29, 1.82) is 0 Å². The minimum atomic E-state index is -1.13. The van der Waals surface area contributed by atoms with Crippen molar-refractivity contribution in [3.05, 3.63) is 47.2 Å². The number of benzene rings is 1. The lowest BCUT2D eigenvalue weighted by Gasteiger charge is -2.49. The predicted octanol–water partition coefficient (Wildman–Crippen LogP) is 0.730. The van der Waals surface area contributed by atoms with Gasteiger partial charge in [-0.15, -0.1) is 11.8 Å². The molecule has 1 saturated heterocycles. The Labute approximate surface area is 199 Å². The van der Waals surface area contributed by atoms with Gasteiger partial charge in [0.15, 0.2) is 0 Å². The molecule has 12 heteroatoms. The molecule has 1 fully saturated rings. The van der Waals surface area contributed by atoms with Crippen LogP contribution in [0.15, 0.2) is 41.6 Å². The average molecular weight is 500 g/mol. The summed E-state index contributed by atoms with van der Waals surface area (Å²) in [5.41, 5.74) is 17.7. The molecule has 2 heterocycles. The van der Waals surface area contributed by atoms with Gasteiger partial charge in [0, 0.05) is 30.3 Å². The number of amides is 2. The Morgan fingerprint density at radius 2 is 1.81 bits per heavy atom. The molecular weight excluding hydrogens is 470 g/mol. The van der Waals surface area contributed by atoms with Crippen LogP contribution in [-0.2, 0) is 14.4 Å². The van der Waals surface area contributed by atoms with Crippen LogP contribution < -0.4 is 22.5 Å². The van der Waals surface area contributed by atoms with Gasteiger partial charge in [0.1, 0.15) is 23.2 Å². The molecule has 0 bridgehead atoms. The molecule has 2 aliphatic rings. The summed E-state index contributed by atoms with van der Waals surface area (Å²) in [4.78, 5) is 37.2. The molecule has 9 nitrogen and oxygen atoms in total. The maximum Gasteiger partial charge on any atom is 0.352 e. The minimum Gasteiger partial charge on any atom is -0.477 e. The molecule has 0 unspecified atom stereocenters. The number of carbonyl (C=O) groups excluding carboxylic acids is 2. The topological polar surface area (TPSA) is 165 Å². The second-order valence-electron chi connectivity index (χ2n) is 6.94. The number of thioether (sulfide) groups is 1. The van der Waals surface area contributed by atoms with Crippen molar-refractivity contribution in [2.24, 2.45) is 17.2 Å². The number of carboxylic acids is 1. The molecule has 0 spiro atoms. The van der Waals surface area contributed by atoms with E-state index in [2.05, 4.69) is 5.32 Å². The van der Waals surface area contributed by atoms with Gasteiger partial charge < -0.3 is 27.6 Å². The fraction of sp³-hybridized carbons (Fsp3) is 0.450. The average Bonchev–Trinajstić information content (AvgIpc) is 2.80. The van der Waals surface area contributed by atoms with Crippen molar-refractivity contribution in [2.75, 3.05) is 30.3 Å². The molecule has 0 saturated carbocycles. The number of nitrogens with zero attached hydrogens (tertiary/aromatic N) is 1. The third kappa shape index (κ3) is 6.65. The van der Waals surface area contributed by atoms with Crippen LogP contribution in [0.4, 0.5) is 0 Å². The van der Waals surface area contributed by atoms with Gasteiger partial charge in [-0.1, -0.05) is 51.9 Å². The molecule has 1 aromatic rings. The van der Waals surface area contributed by atoms with Gasteiger partial charge in [0.25, 0.3) is 5.91 Å². The first-order valence-corrected chi connectivity index (χ1v) is 13.5. The fourth-order valence-electron chi connectivity index (χ4n) is 3.04. The second-order valence-corrected chi connectivity index (χ2v) is 10.7. The predicted molar refractivity (Wildman–Crippen MR) is 132 cm³/mol. The van der Waals surface area contributed by atoms with Gasteiger partial charge in [0.05, 0.1) is 0 Å².